The Morgan fingerprint density at radius 2 is 1.01 bits per heavy atom. The summed E-state index contributed by atoms with van der Waals surface area (Å²) in [5.74, 6) is 2.67. The Kier molecular flexibility index (Phi) is 16.8. The number of aromatic nitrogens is 9. The fourth-order valence-corrected chi connectivity index (χ4v) is 9.69. The second kappa shape index (κ2) is 25.2. The summed E-state index contributed by atoms with van der Waals surface area (Å²) in [6.45, 7) is 10.5. The third-order valence-corrected chi connectivity index (χ3v) is 13.9. The van der Waals surface area contributed by atoms with Crippen molar-refractivity contribution in [1.82, 2.24) is 59.6 Å². The lowest BCUT2D eigenvalue weighted by Crippen LogP contribution is -2.53. The Labute approximate surface area is 463 Å². The molecular formula is C58H64N18O4. The van der Waals surface area contributed by atoms with E-state index in [-0.39, 0.29) is 0 Å². The number of urea groups is 2. The predicted octanol–water partition coefficient (Wildman–Crippen LogP) is 7.00. The zero-order valence-electron chi connectivity index (χ0n) is 44.9. The van der Waals surface area contributed by atoms with Crippen LogP contribution in [0.15, 0.2) is 147 Å². The van der Waals surface area contributed by atoms with Gasteiger partial charge in [0.2, 0.25) is 0 Å². The minimum absolute atomic E-state index is 0.368. The SMILES string of the molecule is CN(C)CCNCCn1ccc2c(N3CCOCC3)nc(-c3ccc(N(C(=O)Nc4ccncc4)N(C(=O)Nc4ccncc4)c4ccc(-c5nc(N6CCOCC6)c6ccn(CCNCc7cccnc7)c6n5)cc4)cc3)nc21. The number of ether oxygens (including phenoxy) is 2. The number of hydrazine groups is 1. The standard InChI is InChI=1S/C58H64N18O4/c1-70(2)29-24-61-25-30-71-27-17-49-53(71)66-51(68-55(49)73-32-36-79-37-33-73)43-5-9-47(10-6-43)75(57(77)64-45-13-20-59-21-14-45)76(58(78)65-46-15-22-60-23-16-46)48-11-7-44(8-12-48)52-67-54-50(56(69-52)74-34-38-80-39-35-74)18-28-72(54)31-26-63-41-42-4-3-19-62-40-42/h3-23,27-28,40,61,63H,24-26,29-39,41H2,1-2H3,(H,59,64,77)(H,60,65,78). The first-order valence-electron chi connectivity index (χ1n) is 26.9. The number of pyridine rings is 3. The fraction of sp³-hybridized carbons (Fsp3) is 0.293. The van der Waals surface area contributed by atoms with Gasteiger partial charge in [0.1, 0.15) is 22.9 Å². The molecule has 7 aromatic heterocycles. The van der Waals surface area contributed by atoms with Crippen LogP contribution in [0.1, 0.15) is 5.56 Å². The van der Waals surface area contributed by atoms with Gasteiger partial charge in [-0.3, -0.25) is 15.0 Å². The van der Waals surface area contributed by atoms with Gasteiger partial charge in [-0.25, -0.2) is 29.5 Å². The van der Waals surface area contributed by atoms with E-state index >= 15 is 9.59 Å². The van der Waals surface area contributed by atoms with Crippen LogP contribution in [-0.4, -0.2) is 154 Å². The quantitative estimate of drug-likeness (QED) is 0.0474. The van der Waals surface area contributed by atoms with E-state index < -0.39 is 12.1 Å². The number of hydrogen-bond donors (Lipinski definition) is 4. The van der Waals surface area contributed by atoms with E-state index in [2.05, 4.69) is 105 Å². The molecule has 80 heavy (non-hydrogen) atoms. The van der Waals surface area contributed by atoms with Gasteiger partial charge < -0.3 is 54.6 Å². The second-order valence-corrected chi connectivity index (χ2v) is 19.6. The molecule has 0 unspecified atom stereocenters. The Bertz CT molecular complexity index is 3480. The molecular weight excluding hydrogens is 1010 g/mol. The van der Waals surface area contributed by atoms with E-state index in [0.717, 1.165) is 58.9 Å². The van der Waals surface area contributed by atoms with Crippen molar-refractivity contribution >= 4 is 68.5 Å². The van der Waals surface area contributed by atoms with E-state index in [1.54, 1.807) is 79.5 Å². The molecule has 2 aliphatic rings. The highest BCUT2D eigenvalue weighted by Crippen LogP contribution is 2.34. The summed E-state index contributed by atoms with van der Waals surface area (Å²) in [7, 11) is 4.13. The van der Waals surface area contributed by atoms with Gasteiger partial charge in [0.15, 0.2) is 11.6 Å². The monoisotopic (exact) mass is 1080 g/mol. The van der Waals surface area contributed by atoms with Crippen LogP contribution < -0.4 is 41.1 Å². The molecule has 9 aromatic rings. The first kappa shape index (κ1) is 53.1. The van der Waals surface area contributed by atoms with E-state index in [4.69, 9.17) is 29.4 Å². The predicted molar refractivity (Wildman–Crippen MR) is 311 cm³/mol. The van der Waals surface area contributed by atoms with Gasteiger partial charge in [-0.05, 0) is 111 Å². The number of nitrogens with zero attached hydrogens (tertiary/aromatic N) is 14. The minimum atomic E-state index is -0.624. The maximum atomic E-state index is 15.0. The van der Waals surface area contributed by atoms with Gasteiger partial charge in [-0.2, -0.15) is 10.0 Å². The topological polar surface area (TPSA) is 217 Å². The first-order chi connectivity index (χ1) is 39.3. The summed E-state index contributed by atoms with van der Waals surface area (Å²) in [5, 5.41) is 17.6. The summed E-state index contributed by atoms with van der Waals surface area (Å²) in [6, 6.07) is 28.3. The zero-order valence-corrected chi connectivity index (χ0v) is 44.9. The largest absolute Gasteiger partial charge is 0.378 e. The molecule has 22 heteroatoms. The average Bonchev–Trinajstić information content (AvgIpc) is 4.14. The molecule has 0 saturated carbocycles. The van der Waals surface area contributed by atoms with Gasteiger partial charge in [0, 0.05) is 144 Å². The maximum absolute atomic E-state index is 15.0. The number of morpholine rings is 2. The maximum Gasteiger partial charge on any atom is 0.345 e. The number of rotatable bonds is 19. The van der Waals surface area contributed by atoms with E-state index in [1.807, 2.05) is 36.5 Å². The molecule has 22 nitrogen and oxygen atoms in total. The van der Waals surface area contributed by atoms with E-state index in [1.165, 1.54) is 10.0 Å². The zero-order chi connectivity index (χ0) is 54.6. The lowest BCUT2D eigenvalue weighted by Gasteiger charge is -2.35. The Balaban J connectivity index is 0.950. The fourth-order valence-electron chi connectivity index (χ4n) is 9.69. The van der Waals surface area contributed by atoms with Crippen molar-refractivity contribution in [3.8, 4) is 22.8 Å². The average molecular weight is 1080 g/mol. The molecule has 9 heterocycles. The molecule has 4 N–H and O–H groups in total. The molecule has 0 aliphatic carbocycles. The molecule has 11 rings (SSSR count). The third kappa shape index (κ3) is 12.5. The molecule has 0 atom stereocenters. The highest BCUT2D eigenvalue weighted by Gasteiger charge is 2.31. The Morgan fingerprint density at radius 3 is 1.46 bits per heavy atom. The highest BCUT2D eigenvalue weighted by atomic mass is 16.5. The lowest BCUT2D eigenvalue weighted by molar-refractivity contribution is 0.122. The molecule has 410 valence electrons. The number of hydrogen-bond acceptors (Lipinski definition) is 16. The van der Waals surface area contributed by atoms with Crippen LogP contribution in [0, 0.1) is 0 Å². The van der Waals surface area contributed by atoms with Crippen molar-refractivity contribution in [3.63, 3.8) is 0 Å². The number of likely N-dealkylation sites (N-methyl/N-ethyl adjacent to an activating group) is 1. The van der Waals surface area contributed by atoms with Crippen LogP contribution in [-0.2, 0) is 29.1 Å². The van der Waals surface area contributed by atoms with Crippen molar-refractivity contribution in [2.75, 3.05) is 123 Å². The third-order valence-electron chi connectivity index (χ3n) is 13.9. The number of nitrogens with one attached hydrogen (secondary N) is 4. The van der Waals surface area contributed by atoms with Crippen molar-refractivity contribution in [1.29, 1.82) is 0 Å². The van der Waals surface area contributed by atoms with Crippen LogP contribution >= 0.6 is 0 Å². The van der Waals surface area contributed by atoms with Crippen LogP contribution in [0.4, 0.5) is 44.0 Å². The van der Waals surface area contributed by atoms with Gasteiger partial charge in [0.25, 0.3) is 0 Å². The minimum Gasteiger partial charge on any atom is -0.378 e. The van der Waals surface area contributed by atoms with Crippen molar-refractivity contribution in [3.05, 3.63) is 152 Å². The number of anilines is 6. The van der Waals surface area contributed by atoms with Crippen LogP contribution in [0.3, 0.4) is 0 Å². The summed E-state index contributed by atoms with van der Waals surface area (Å²) in [4.78, 5) is 70.0. The van der Waals surface area contributed by atoms with Crippen molar-refractivity contribution < 1.29 is 19.1 Å². The molecule has 0 bridgehead atoms. The van der Waals surface area contributed by atoms with Crippen molar-refractivity contribution in [2.45, 2.75) is 19.6 Å². The number of fused-ring (bicyclic) bond motifs is 2. The molecule has 2 aromatic carbocycles. The molecule has 0 radical (unpaired) electrons. The Hall–Kier alpha value is -8.93. The van der Waals surface area contributed by atoms with E-state index in [9.17, 15) is 0 Å². The first-order valence-corrected chi connectivity index (χ1v) is 26.9. The number of benzene rings is 2. The van der Waals surface area contributed by atoms with Crippen LogP contribution in [0.25, 0.3) is 44.8 Å². The van der Waals surface area contributed by atoms with Crippen LogP contribution in [0.2, 0.25) is 0 Å². The summed E-state index contributed by atoms with van der Waals surface area (Å²) >= 11 is 0. The van der Waals surface area contributed by atoms with Gasteiger partial charge in [0.05, 0.1) is 48.6 Å². The number of carbonyl (C=O) groups excluding carboxylic acids is 2. The van der Waals surface area contributed by atoms with Crippen LogP contribution in [0.5, 0.6) is 0 Å². The number of carbonyl (C=O) groups is 2. The molecule has 2 fully saturated rings. The van der Waals surface area contributed by atoms with Gasteiger partial charge >= 0.3 is 12.1 Å². The number of amides is 4. The normalized spacial score (nSPS) is 13.7. The highest BCUT2D eigenvalue weighted by molar-refractivity contribution is 6.13. The molecule has 2 saturated heterocycles. The van der Waals surface area contributed by atoms with Gasteiger partial charge in [-0.15, -0.1) is 0 Å². The van der Waals surface area contributed by atoms with Gasteiger partial charge in [-0.1, -0.05) is 6.07 Å². The van der Waals surface area contributed by atoms with Crippen molar-refractivity contribution in [2.24, 2.45) is 0 Å². The Morgan fingerprint density at radius 1 is 0.537 bits per heavy atom. The molecule has 4 amide bonds. The summed E-state index contributed by atoms with van der Waals surface area (Å²) in [6.07, 6.45) is 14.1. The smallest absolute Gasteiger partial charge is 0.345 e. The summed E-state index contributed by atoms with van der Waals surface area (Å²) in [5.41, 5.74) is 5.83. The lowest BCUT2D eigenvalue weighted by atomic mass is 10.1. The summed E-state index contributed by atoms with van der Waals surface area (Å²) < 4.78 is 15.8. The van der Waals surface area contributed by atoms with E-state index in [0.29, 0.717) is 124 Å². The molecule has 2 aliphatic heterocycles. The molecule has 0 spiro atoms. The second-order valence-electron chi connectivity index (χ2n) is 19.6.